The molecule has 0 aliphatic carbocycles. The number of hydrogen-bond donors (Lipinski definition) is 2. The minimum atomic E-state index is -0.371. The summed E-state index contributed by atoms with van der Waals surface area (Å²) in [4.78, 5) is 32.7. The van der Waals surface area contributed by atoms with Crippen LogP contribution in [-0.4, -0.2) is 67.8 Å². The molecule has 1 aromatic rings. The van der Waals surface area contributed by atoms with Gasteiger partial charge < -0.3 is 20.3 Å². The third-order valence-electron chi connectivity index (χ3n) is 4.24. The predicted molar refractivity (Wildman–Crippen MR) is 95.6 cm³/mol. The number of rotatable bonds is 5. The molecule has 0 atom stereocenters. The molecule has 1 fully saturated rings. The first kappa shape index (κ1) is 17.7. The third-order valence-corrected chi connectivity index (χ3v) is 5.07. The number of carbonyl (C=O) groups is 2. The first-order valence-electron chi connectivity index (χ1n) is 8.48. The molecule has 0 unspecified atom stereocenters. The lowest BCUT2D eigenvalue weighted by Crippen LogP contribution is -2.47. The minimum Gasteiger partial charge on any atom is -0.463 e. The van der Waals surface area contributed by atoms with Gasteiger partial charge in [0.1, 0.15) is 0 Å². The van der Waals surface area contributed by atoms with E-state index < -0.39 is 0 Å². The van der Waals surface area contributed by atoms with Crippen molar-refractivity contribution in [2.45, 2.75) is 13.3 Å². The first-order valence-corrected chi connectivity index (χ1v) is 9.36. The number of carbonyl (C=O) groups excluding carboxylic acids is 2. The fourth-order valence-corrected chi connectivity index (χ4v) is 3.69. The van der Waals surface area contributed by atoms with Crippen LogP contribution in [0, 0.1) is 0 Å². The van der Waals surface area contributed by atoms with Gasteiger partial charge in [-0.3, -0.25) is 4.90 Å². The van der Waals surface area contributed by atoms with Crippen molar-refractivity contribution in [2.24, 2.45) is 0 Å². The van der Waals surface area contributed by atoms with Gasteiger partial charge in [-0.05, 0) is 13.3 Å². The molecular weight excluding hydrogens is 342 g/mol. The Morgan fingerprint density at radius 1 is 1.36 bits per heavy atom. The number of thiazole rings is 1. The number of urea groups is 1. The number of hydrogen-bond acceptors (Lipinski definition) is 7. The number of ether oxygens (including phenoxy) is 1. The molecule has 0 radical (unpaired) electrons. The molecule has 8 nitrogen and oxygen atoms in total. The Bertz CT molecular complexity index is 646. The van der Waals surface area contributed by atoms with Gasteiger partial charge in [0.25, 0.3) is 0 Å². The predicted octanol–water partition coefficient (Wildman–Crippen LogP) is 0.785. The molecule has 136 valence electrons. The lowest BCUT2D eigenvalue weighted by molar-refractivity contribution is -0.138. The lowest BCUT2D eigenvalue weighted by atomic mass is 10.1. The molecule has 0 spiro atoms. The standard InChI is InChI=1S/C16H23N5O3S/c1-2-24-14(22)12-10-18-15(23)19-13(12)11-20-5-3-6-21(8-7-20)16-17-4-9-25-16/h4,9H,2-3,5-8,10-11H2,1H3,(H2,18,19,23). The van der Waals surface area contributed by atoms with Gasteiger partial charge in [0.05, 0.1) is 18.7 Å². The van der Waals surface area contributed by atoms with Crippen LogP contribution < -0.4 is 15.5 Å². The van der Waals surface area contributed by atoms with Crippen LogP contribution in [0.5, 0.6) is 0 Å². The van der Waals surface area contributed by atoms with E-state index in [1.807, 2.05) is 11.6 Å². The van der Waals surface area contributed by atoms with E-state index in [1.165, 1.54) is 0 Å². The zero-order chi connectivity index (χ0) is 17.6. The Balaban J connectivity index is 1.66. The van der Waals surface area contributed by atoms with Crippen molar-refractivity contribution in [3.05, 3.63) is 22.8 Å². The molecule has 2 N–H and O–H groups in total. The van der Waals surface area contributed by atoms with Crippen LogP contribution in [0.1, 0.15) is 13.3 Å². The maximum Gasteiger partial charge on any atom is 0.337 e. The summed E-state index contributed by atoms with van der Waals surface area (Å²) in [5.41, 5.74) is 1.15. The van der Waals surface area contributed by atoms with Crippen LogP contribution in [0.25, 0.3) is 0 Å². The van der Waals surface area contributed by atoms with Gasteiger partial charge in [-0.15, -0.1) is 11.3 Å². The quantitative estimate of drug-likeness (QED) is 0.750. The summed E-state index contributed by atoms with van der Waals surface area (Å²) in [5.74, 6) is -0.371. The van der Waals surface area contributed by atoms with Crippen LogP contribution in [0.15, 0.2) is 22.8 Å². The number of aromatic nitrogens is 1. The maximum atomic E-state index is 12.1. The summed E-state index contributed by atoms with van der Waals surface area (Å²) in [5, 5.41) is 8.44. The molecule has 25 heavy (non-hydrogen) atoms. The van der Waals surface area contributed by atoms with Crippen LogP contribution in [0.4, 0.5) is 9.93 Å². The molecule has 2 aliphatic rings. The normalized spacial score (nSPS) is 19.2. The summed E-state index contributed by atoms with van der Waals surface area (Å²) in [6.07, 6.45) is 2.83. The van der Waals surface area contributed by atoms with Crippen molar-refractivity contribution >= 4 is 28.5 Å². The van der Waals surface area contributed by atoms with Crippen molar-refractivity contribution in [1.82, 2.24) is 20.5 Å². The summed E-state index contributed by atoms with van der Waals surface area (Å²) in [6.45, 7) is 6.42. The Hall–Kier alpha value is -2.13. The molecule has 3 rings (SSSR count). The Morgan fingerprint density at radius 2 is 2.24 bits per heavy atom. The van der Waals surface area contributed by atoms with Gasteiger partial charge in [0, 0.05) is 50.0 Å². The number of nitrogens with one attached hydrogen (secondary N) is 2. The summed E-state index contributed by atoms with van der Waals surface area (Å²) in [7, 11) is 0. The fourth-order valence-electron chi connectivity index (χ4n) is 3.00. The molecule has 1 aromatic heterocycles. The minimum absolute atomic E-state index is 0.207. The Labute approximate surface area is 150 Å². The second kappa shape index (κ2) is 8.30. The lowest BCUT2D eigenvalue weighted by Gasteiger charge is -2.27. The van der Waals surface area contributed by atoms with Gasteiger partial charge in [-0.1, -0.05) is 0 Å². The highest BCUT2D eigenvalue weighted by atomic mass is 32.1. The van der Waals surface area contributed by atoms with Gasteiger partial charge in [-0.2, -0.15) is 0 Å². The van der Waals surface area contributed by atoms with Crippen molar-refractivity contribution in [3.63, 3.8) is 0 Å². The SMILES string of the molecule is CCOC(=O)C1=C(CN2CCCN(c3nccs3)CC2)NC(=O)NC1. The van der Waals surface area contributed by atoms with E-state index in [4.69, 9.17) is 4.74 Å². The third kappa shape index (κ3) is 4.49. The molecule has 3 heterocycles. The second-order valence-corrected chi connectivity index (χ2v) is 6.79. The van der Waals surface area contributed by atoms with Gasteiger partial charge in [0.2, 0.25) is 0 Å². The monoisotopic (exact) mass is 365 g/mol. The van der Waals surface area contributed by atoms with Crippen LogP contribution in [-0.2, 0) is 9.53 Å². The van der Waals surface area contributed by atoms with E-state index in [0.29, 0.717) is 24.4 Å². The molecule has 0 aromatic carbocycles. The Kier molecular flexibility index (Phi) is 5.87. The van der Waals surface area contributed by atoms with Crippen LogP contribution in [0.2, 0.25) is 0 Å². The van der Waals surface area contributed by atoms with E-state index in [0.717, 1.165) is 37.7 Å². The summed E-state index contributed by atoms with van der Waals surface area (Å²) >= 11 is 1.65. The zero-order valence-corrected chi connectivity index (χ0v) is 15.1. The van der Waals surface area contributed by atoms with Crippen molar-refractivity contribution < 1.29 is 14.3 Å². The van der Waals surface area contributed by atoms with E-state index in [9.17, 15) is 9.59 Å². The highest BCUT2D eigenvalue weighted by Crippen LogP contribution is 2.19. The van der Waals surface area contributed by atoms with E-state index in [1.54, 1.807) is 18.3 Å². The second-order valence-electron chi connectivity index (χ2n) is 5.92. The highest BCUT2D eigenvalue weighted by Gasteiger charge is 2.26. The fraction of sp³-hybridized carbons (Fsp3) is 0.562. The summed E-state index contributed by atoms with van der Waals surface area (Å²) in [6, 6.07) is -0.276. The molecule has 2 aliphatic heterocycles. The smallest absolute Gasteiger partial charge is 0.337 e. The molecule has 0 bridgehead atoms. The zero-order valence-electron chi connectivity index (χ0n) is 14.3. The van der Waals surface area contributed by atoms with E-state index in [2.05, 4.69) is 25.4 Å². The topological polar surface area (TPSA) is 86.8 Å². The van der Waals surface area contributed by atoms with E-state index >= 15 is 0 Å². The van der Waals surface area contributed by atoms with Gasteiger partial charge in [-0.25, -0.2) is 14.6 Å². The van der Waals surface area contributed by atoms with Crippen molar-refractivity contribution in [2.75, 3.05) is 50.8 Å². The van der Waals surface area contributed by atoms with Crippen LogP contribution in [0.3, 0.4) is 0 Å². The van der Waals surface area contributed by atoms with Crippen LogP contribution >= 0.6 is 11.3 Å². The number of nitrogens with zero attached hydrogens (tertiary/aromatic N) is 3. The Morgan fingerprint density at radius 3 is 3.00 bits per heavy atom. The van der Waals surface area contributed by atoms with Gasteiger partial charge in [0.15, 0.2) is 5.13 Å². The molecular formula is C16H23N5O3S. The molecule has 1 saturated heterocycles. The average molecular weight is 365 g/mol. The van der Waals surface area contributed by atoms with Crippen molar-refractivity contribution in [1.29, 1.82) is 0 Å². The molecule has 9 heteroatoms. The van der Waals surface area contributed by atoms with Crippen molar-refractivity contribution in [3.8, 4) is 0 Å². The number of amides is 2. The molecule has 2 amide bonds. The first-order chi connectivity index (χ1) is 12.2. The largest absolute Gasteiger partial charge is 0.463 e. The maximum absolute atomic E-state index is 12.1. The number of esters is 1. The number of anilines is 1. The van der Waals surface area contributed by atoms with E-state index in [-0.39, 0.29) is 18.5 Å². The average Bonchev–Trinajstić information content (AvgIpc) is 3.03. The highest BCUT2D eigenvalue weighted by molar-refractivity contribution is 7.13. The molecule has 0 saturated carbocycles. The van der Waals surface area contributed by atoms with Gasteiger partial charge >= 0.3 is 12.0 Å². The summed E-state index contributed by atoms with van der Waals surface area (Å²) < 4.78 is 5.10.